The molecule has 0 fully saturated rings. The number of hydrogen-bond acceptors (Lipinski definition) is 2. The molecule has 74 valence electrons. The first-order valence-corrected chi connectivity index (χ1v) is 3.88. The lowest BCUT2D eigenvalue weighted by molar-refractivity contribution is -0.0512. The van der Waals surface area contributed by atoms with Crippen LogP contribution >= 0.6 is 0 Å². The molecule has 1 unspecified atom stereocenters. The fraction of sp³-hybridized carbons (Fsp3) is 1.00. The van der Waals surface area contributed by atoms with E-state index in [-0.39, 0.29) is 12.0 Å². The van der Waals surface area contributed by atoms with Gasteiger partial charge in [-0.3, -0.25) is 0 Å². The molecule has 0 radical (unpaired) electrons. The summed E-state index contributed by atoms with van der Waals surface area (Å²) in [4.78, 5) is 0. The third kappa shape index (κ3) is 5.43. The second kappa shape index (κ2) is 4.72. The summed E-state index contributed by atoms with van der Waals surface area (Å²) in [5.74, 6) is 0. The molecule has 2 nitrogen and oxygen atoms in total. The first kappa shape index (κ1) is 11.8. The zero-order chi connectivity index (χ0) is 9.78. The summed E-state index contributed by atoms with van der Waals surface area (Å²) in [6.07, 6.45) is -3.16. The maximum absolute atomic E-state index is 11.6. The van der Waals surface area contributed by atoms with Gasteiger partial charge in [0, 0.05) is 0 Å². The molecule has 0 rings (SSSR count). The van der Waals surface area contributed by atoms with Crippen LogP contribution in [0.1, 0.15) is 20.8 Å². The van der Waals surface area contributed by atoms with Crippen LogP contribution < -0.4 is 0 Å². The number of rotatable bonds is 4. The molecule has 0 aromatic rings. The topological polar surface area (TPSA) is 29.5 Å². The van der Waals surface area contributed by atoms with Crippen molar-refractivity contribution >= 4 is 0 Å². The number of aliphatic hydroxyl groups excluding tert-OH is 1. The molecule has 0 saturated heterocycles. The van der Waals surface area contributed by atoms with Gasteiger partial charge in [0.05, 0.1) is 12.7 Å². The van der Waals surface area contributed by atoms with Crippen molar-refractivity contribution < 1.29 is 18.6 Å². The van der Waals surface area contributed by atoms with Crippen LogP contribution in [0.15, 0.2) is 0 Å². The fourth-order valence-corrected chi connectivity index (χ4v) is 0.519. The van der Waals surface area contributed by atoms with E-state index in [9.17, 15) is 13.9 Å². The Hall–Kier alpha value is -0.220. The molecular formula is C8H16F2O2. The number of ether oxygens (including phenoxy) is 1. The lowest BCUT2D eigenvalue weighted by Gasteiger charge is -2.25. The molecular weight excluding hydrogens is 166 g/mol. The SMILES string of the molecule is CC(C)(C)C(O)COCC(F)F. The Bertz CT molecular complexity index is 121. The smallest absolute Gasteiger partial charge is 0.261 e. The van der Waals surface area contributed by atoms with Crippen molar-refractivity contribution in [2.75, 3.05) is 13.2 Å². The molecule has 1 atom stereocenters. The molecule has 0 bridgehead atoms. The lowest BCUT2D eigenvalue weighted by Crippen LogP contribution is -2.31. The predicted molar refractivity (Wildman–Crippen MR) is 42.3 cm³/mol. The van der Waals surface area contributed by atoms with Gasteiger partial charge in [-0.1, -0.05) is 20.8 Å². The van der Waals surface area contributed by atoms with Gasteiger partial charge >= 0.3 is 0 Å². The van der Waals surface area contributed by atoms with Gasteiger partial charge < -0.3 is 9.84 Å². The van der Waals surface area contributed by atoms with Crippen LogP contribution in [0.4, 0.5) is 8.78 Å². The average molecular weight is 182 g/mol. The zero-order valence-electron chi connectivity index (χ0n) is 7.68. The molecule has 0 aliphatic rings. The van der Waals surface area contributed by atoms with Crippen molar-refractivity contribution in [3.63, 3.8) is 0 Å². The van der Waals surface area contributed by atoms with Gasteiger partial charge in [0.2, 0.25) is 0 Å². The molecule has 12 heavy (non-hydrogen) atoms. The van der Waals surface area contributed by atoms with Crippen LogP contribution in [0.25, 0.3) is 0 Å². The maximum Gasteiger partial charge on any atom is 0.261 e. The summed E-state index contributed by atoms with van der Waals surface area (Å²) in [5.41, 5.74) is -0.317. The van der Waals surface area contributed by atoms with E-state index in [2.05, 4.69) is 4.74 Å². The van der Waals surface area contributed by atoms with E-state index >= 15 is 0 Å². The molecule has 0 heterocycles. The summed E-state index contributed by atoms with van der Waals surface area (Å²) in [5, 5.41) is 9.33. The summed E-state index contributed by atoms with van der Waals surface area (Å²) < 4.78 is 27.7. The molecule has 0 aromatic heterocycles. The minimum absolute atomic E-state index is 0.0339. The molecule has 0 aromatic carbocycles. The second-order valence-electron chi connectivity index (χ2n) is 3.81. The highest BCUT2D eigenvalue weighted by Gasteiger charge is 2.22. The van der Waals surface area contributed by atoms with E-state index in [4.69, 9.17) is 0 Å². The maximum atomic E-state index is 11.6. The Kier molecular flexibility index (Phi) is 4.63. The van der Waals surface area contributed by atoms with Gasteiger partial charge in [0.15, 0.2) is 0 Å². The third-order valence-corrected chi connectivity index (χ3v) is 1.52. The minimum Gasteiger partial charge on any atom is -0.390 e. The Balaban J connectivity index is 3.51. The lowest BCUT2D eigenvalue weighted by atomic mass is 9.90. The zero-order valence-corrected chi connectivity index (χ0v) is 7.68. The molecule has 0 saturated carbocycles. The van der Waals surface area contributed by atoms with E-state index in [0.717, 1.165) is 0 Å². The van der Waals surface area contributed by atoms with Gasteiger partial charge in [-0.2, -0.15) is 0 Å². The van der Waals surface area contributed by atoms with Crippen LogP contribution in [-0.4, -0.2) is 30.8 Å². The first-order valence-electron chi connectivity index (χ1n) is 3.88. The third-order valence-electron chi connectivity index (χ3n) is 1.52. The van der Waals surface area contributed by atoms with Crippen molar-refractivity contribution in [1.29, 1.82) is 0 Å². The minimum atomic E-state index is -2.46. The number of hydrogen-bond donors (Lipinski definition) is 1. The van der Waals surface area contributed by atoms with Crippen LogP contribution in [0.2, 0.25) is 0 Å². The van der Waals surface area contributed by atoms with E-state index in [0.29, 0.717) is 0 Å². The quantitative estimate of drug-likeness (QED) is 0.716. The number of halogens is 2. The Morgan fingerprint density at radius 1 is 1.25 bits per heavy atom. The number of aliphatic hydroxyl groups is 1. The second-order valence-corrected chi connectivity index (χ2v) is 3.81. The molecule has 4 heteroatoms. The average Bonchev–Trinajstić information content (AvgIpc) is 1.84. The van der Waals surface area contributed by atoms with Crippen molar-refractivity contribution in [3.8, 4) is 0 Å². The molecule has 0 amide bonds. The summed E-state index contributed by atoms with van der Waals surface area (Å²) >= 11 is 0. The van der Waals surface area contributed by atoms with Crippen LogP contribution in [0.3, 0.4) is 0 Å². The van der Waals surface area contributed by atoms with Crippen molar-refractivity contribution in [2.24, 2.45) is 5.41 Å². The van der Waals surface area contributed by atoms with E-state index in [1.165, 1.54) is 0 Å². The normalized spacial score (nSPS) is 15.2. The van der Waals surface area contributed by atoms with E-state index in [1.54, 1.807) is 0 Å². The summed E-state index contributed by atoms with van der Waals surface area (Å²) in [6.45, 7) is 4.83. The highest BCUT2D eigenvalue weighted by molar-refractivity contribution is 4.71. The monoisotopic (exact) mass is 182 g/mol. The van der Waals surface area contributed by atoms with Gasteiger partial charge in [-0.25, -0.2) is 8.78 Å². The highest BCUT2D eigenvalue weighted by Crippen LogP contribution is 2.19. The molecule has 0 aliphatic carbocycles. The van der Waals surface area contributed by atoms with Crippen LogP contribution in [0.5, 0.6) is 0 Å². The van der Waals surface area contributed by atoms with E-state index < -0.39 is 19.1 Å². The van der Waals surface area contributed by atoms with Crippen molar-refractivity contribution in [2.45, 2.75) is 33.3 Å². The van der Waals surface area contributed by atoms with Crippen LogP contribution in [-0.2, 0) is 4.74 Å². The molecule has 0 aliphatic heterocycles. The predicted octanol–water partition coefficient (Wildman–Crippen LogP) is 1.68. The molecule has 0 spiro atoms. The van der Waals surface area contributed by atoms with Gasteiger partial charge in [-0.15, -0.1) is 0 Å². The summed E-state index contributed by atoms with van der Waals surface area (Å²) in [6, 6.07) is 0. The number of alkyl halides is 2. The Labute approximate surface area is 71.5 Å². The largest absolute Gasteiger partial charge is 0.390 e. The fourth-order valence-electron chi connectivity index (χ4n) is 0.519. The van der Waals surface area contributed by atoms with Gasteiger partial charge in [-0.05, 0) is 5.41 Å². The van der Waals surface area contributed by atoms with Crippen LogP contribution in [0, 0.1) is 5.41 Å². The van der Waals surface area contributed by atoms with Crippen molar-refractivity contribution in [3.05, 3.63) is 0 Å². The standard InChI is InChI=1S/C8H16F2O2/c1-8(2,3)6(11)4-12-5-7(9)10/h6-7,11H,4-5H2,1-3H3. The highest BCUT2D eigenvalue weighted by atomic mass is 19.3. The van der Waals surface area contributed by atoms with Crippen molar-refractivity contribution in [1.82, 2.24) is 0 Å². The van der Waals surface area contributed by atoms with Gasteiger partial charge in [0.25, 0.3) is 6.43 Å². The first-order chi connectivity index (χ1) is 5.34. The Morgan fingerprint density at radius 2 is 1.75 bits per heavy atom. The summed E-state index contributed by atoms with van der Waals surface area (Å²) in [7, 11) is 0. The van der Waals surface area contributed by atoms with Gasteiger partial charge in [0.1, 0.15) is 6.61 Å². The van der Waals surface area contributed by atoms with E-state index in [1.807, 2.05) is 20.8 Å². The molecule has 1 N–H and O–H groups in total. The Morgan fingerprint density at radius 3 is 2.08 bits per heavy atom.